The van der Waals surface area contributed by atoms with Crippen molar-refractivity contribution < 1.29 is 24.0 Å². The van der Waals surface area contributed by atoms with E-state index in [4.69, 9.17) is 20.9 Å². The molecular weight excluding hydrogens is 480 g/mol. The van der Waals surface area contributed by atoms with Crippen LogP contribution in [0.1, 0.15) is 29.7 Å². The number of carboxylic acid groups (broad SMARTS) is 1. The number of anilines is 1. The summed E-state index contributed by atoms with van der Waals surface area (Å²) >= 11 is 6.15. The normalized spacial score (nSPS) is 11.6. The average Bonchev–Trinajstić information content (AvgIpc) is 3.24. The van der Waals surface area contributed by atoms with Gasteiger partial charge in [-0.3, -0.25) is 10.1 Å². The highest BCUT2D eigenvalue weighted by Gasteiger charge is 2.18. The Balaban J connectivity index is 1.42. The van der Waals surface area contributed by atoms with Crippen molar-refractivity contribution in [3.8, 4) is 22.5 Å². The van der Waals surface area contributed by atoms with Gasteiger partial charge in [0, 0.05) is 17.0 Å². The minimum absolute atomic E-state index is 0.175. The molecule has 7 nitrogen and oxygen atoms in total. The van der Waals surface area contributed by atoms with Gasteiger partial charge in [0.1, 0.15) is 11.4 Å². The third-order valence-electron chi connectivity index (χ3n) is 5.91. The van der Waals surface area contributed by atoms with Gasteiger partial charge >= 0.3 is 12.1 Å². The first-order valence-corrected chi connectivity index (χ1v) is 11.8. The lowest BCUT2D eigenvalue weighted by Crippen LogP contribution is -2.16. The number of halogens is 1. The van der Waals surface area contributed by atoms with E-state index in [1.807, 2.05) is 66.7 Å². The van der Waals surface area contributed by atoms with Gasteiger partial charge in [-0.05, 0) is 42.2 Å². The first kappa shape index (κ1) is 25.0. The Morgan fingerprint density at radius 2 is 1.61 bits per heavy atom. The van der Waals surface area contributed by atoms with Crippen molar-refractivity contribution in [3.63, 3.8) is 0 Å². The van der Waals surface area contributed by atoms with E-state index in [1.165, 1.54) is 0 Å². The van der Waals surface area contributed by atoms with Crippen LogP contribution in [0.25, 0.3) is 22.5 Å². The summed E-state index contributed by atoms with van der Waals surface area (Å²) in [5, 5.41) is 16.5. The number of benzene rings is 3. The zero-order chi connectivity index (χ0) is 25.7. The fourth-order valence-electron chi connectivity index (χ4n) is 3.73. The van der Waals surface area contributed by atoms with Crippen LogP contribution >= 0.6 is 11.6 Å². The number of aliphatic carboxylic acids is 1. The molecule has 36 heavy (non-hydrogen) atoms. The summed E-state index contributed by atoms with van der Waals surface area (Å²) in [6.45, 7) is 3.57. The molecule has 0 bridgehead atoms. The second kappa shape index (κ2) is 11.1. The molecule has 1 aromatic heterocycles. The topological polar surface area (TPSA) is 102 Å². The van der Waals surface area contributed by atoms with E-state index < -0.39 is 18.0 Å². The van der Waals surface area contributed by atoms with Gasteiger partial charge in [-0.15, -0.1) is 0 Å². The van der Waals surface area contributed by atoms with Crippen molar-refractivity contribution in [3.05, 3.63) is 94.6 Å². The molecule has 2 N–H and O–H groups in total. The largest absolute Gasteiger partial charge is 0.481 e. The average molecular weight is 505 g/mol. The lowest BCUT2D eigenvalue weighted by molar-refractivity contribution is -0.138. The van der Waals surface area contributed by atoms with Gasteiger partial charge in [0.05, 0.1) is 12.5 Å². The Morgan fingerprint density at radius 1 is 1.00 bits per heavy atom. The number of aryl methyl sites for hydroxylation is 1. The predicted octanol–water partition coefficient (Wildman–Crippen LogP) is 6.95. The Bertz CT molecular complexity index is 1360. The van der Waals surface area contributed by atoms with Crippen molar-refractivity contribution in [2.24, 2.45) is 0 Å². The van der Waals surface area contributed by atoms with Crippen LogP contribution in [0, 0.1) is 6.92 Å². The summed E-state index contributed by atoms with van der Waals surface area (Å²) in [6.07, 6.45) is -0.109. The van der Waals surface area contributed by atoms with Crippen LogP contribution in [0.15, 0.2) is 77.3 Å². The van der Waals surface area contributed by atoms with E-state index in [0.29, 0.717) is 28.6 Å². The number of nitrogens with one attached hydrogen (secondary N) is 1. The van der Waals surface area contributed by atoms with E-state index in [0.717, 1.165) is 27.8 Å². The highest BCUT2D eigenvalue weighted by molar-refractivity contribution is 6.31. The molecule has 0 radical (unpaired) electrons. The molecule has 0 spiro atoms. The number of hydrogen-bond donors (Lipinski definition) is 2. The number of aromatic nitrogens is 1. The van der Waals surface area contributed by atoms with Gasteiger partial charge < -0.3 is 14.4 Å². The Kier molecular flexibility index (Phi) is 7.71. The van der Waals surface area contributed by atoms with Crippen molar-refractivity contribution in [2.45, 2.75) is 26.2 Å². The summed E-state index contributed by atoms with van der Waals surface area (Å²) in [4.78, 5) is 23.6. The molecule has 3 aromatic carbocycles. The molecule has 0 aliphatic heterocycles. The van der Waals surface area contributed by atoms with E-state index >= 15 is 0 Å². The molecule has 1 unspecified atom stereocenters. The molecule has 1 atom stereocenters. The third kappa shape index (κ3) is 5.75. The predicted molar refractivity (Wildman–Crippen MR) is 138 cm³/mol. The van der Waals surface area contributed by atoms with E-state index in [1.54, 1.807) is 19.9 Å². The van der Waals surface area contributed by atoms with Crippen molar-refractivity contribution >= 4 is 29.4 Å². The Labute approximate surface area is 213 Å². The summed E-state index contributed by atoms with van der Waals surface area (Å²) in [7, 11) is 0. The number of hydrogen-bond acceptors (Lipinski definition) is 5. The molecule has 8 heteroatoms. The zero-order valence-electron chi connectivity index (χ0n) is 19.8. The number of carbonyl (C=O) groups is 2. The second-order valence-electron chi connectivity index (χ2n) is 8.33. The smallest absolute Gasteiger partial charge is 0.411 e. The molecule has 0 aliphatic carbocycles. The van der Waals surface area contributed by atoms with Gasteiger partial charge in [0.2, 0.25) is 0 Å². The number of carbonyl (C=O) groups excluding carboxylic acids is 1. The van der Waals surface area contributed by atoms with Crippen LogP contribution in [0.2, 0.25) is 5.02 Å². The van der Waals surface area contributed by atoms with Crippen molar-refractivity contribution in [1.29, 1.82) is 0 Å². The fourth-order valence-corrected chi connectivity index (χ4v) is 3.96. The van der Waals surface area contributed by atoms with E-state index in [-0.39, 0.29) is 6.61 Å². The number of nitrogens with zero attached hydrogens (tertiary/aromatic N) is 1. The molecule has 4 aromatic rings. The van der Waals surface area contributed by atoms with Crippen LogP contribution in [0.5, 0.6) is 0 Å². The van der Waals surface area contributed by atoms with Gasteiger partial charge in [-0.2, -0.15) is 0 Å². The minimum Gasteiger partial charge on any atom is -0.481 e. The molecule has 0 aliphatic rings. The van der Waals surface area contributed by atoms with Crippen LogP contribution < -0.4 is 5.32 Å². The molecule has 1 amide bonds. The van der Waals surface area contributed by atoms with E-state index in [2.05, 4.69) is 10.5 Å². The number of carboxylic acids is 1. The standard InChI is InChI=1S/C28H25ClN2O5/c1-17(27(32)33)19-7-9-20(10-8-19)21-11-13-23(14-12-21)26-25(18(2)31-36-26)30-28(34)35-16-15-22-5-3-4-6-24(22)29/h3-14,17H,15-16H2,1-2H3,(H,30,34)(H,32,33). The monoisotopic (exact) mass is 504 g/mol. The number of amides is 1. The lowest BCUT2D eigenvalue weighted by Gasteiger charge is -2.09. The quantitative estimate of drug-likeness (QED) is 0.269. The Hall–Kier alpha value is -4.10. The molecule has 0 fully saturated rings. The maximum atomic E-state index is 12.4. The van der Waals surface area contributed by atoms with Gasteiger partial charge in [0.25, 0.3) is 0 Å². The second-order valence-corrected chi connectivity index (χ2v) is 8.74. The third-order valence-corrected chi connectivity index (χ3v) is 6.28. The van der Waals surface area contributed by atoms with Crippen molar-refractivity contribution in [2.75, 3.05) is 11.9 Å². The van der Waals surface area contributed by atoms with Gasteiger partial charge in [-0.25, -0.2) is 4.79 Å². The van der Waals surface area contributed by atoms with Gasteiger partial charge in [0.15, 0.2) is 5.76 Å². The van der Waals surface area contributed by atoms with Crippen LogP contribution in [0.4, 0.5) is 10.5 Å². The van der Waals surface area contributed by atoms with E-state index in [9.17, 15) is 14.7 Å². The van der Waals surface area contributed by atoms with Crippen LogP contribution in [0.3, 0.4) is 0 Å². The number of ether oxygens (including phenoxy) is 1. The SMILES string of the molecule is Cc1noc(-c2ccc(-c3ccc(C(C)C(=O)O)cc3)cc2)c1NC(=O)OCCc1ccccc1Cl. The summed E-state index contributed by atoms with van der Waals surface area (Å²) in [5.41, 5.74) is 5.27. The zero-order valence-corrected chi connectivity index (χ0v) is 20.6. The molecule has 184 valence electrons. The van der Waals surface area contributed by atoms with Crippen LogP contribution in [-0.2, 0) is 16.0 Å². The first-order chi connectivity index (χ1) is 17.3. The molecular formula is C28H25ClN2O5. The van der Waals surface area contributed by atoms with Gasteiger partial charge in [-0.1, -0.05) is 83.5 Å². The molecule has 0 saturated carbocycles. The molecule has 4 rings (SSSR count). The highest BCUT2D eigenvalue weighted by Crippen LogP contribution is 2.33. The maximum absolute atomic E-state index is 12.4. The summed E-state index contributed by atoms with van der Waals surface area (Å²) in [6, 6.07) is 22.4. The lowest BCUT2D eigenvalue weighted by atomic mass is 9.97. The first-order valence-electron chi connectivity index (χ1n) is 11.4. The summed E-state index contributed by atoms with van der Waals surface area (Å²) in [5.74, 6) is -0.999. The molecule has 1 heterocycles. The summed E-state index contributed by atoms with van der Waals surface area (Å²) < 4.78 is 10.8. The number of rotatable bonds is 8. The maximum Gasteiger partial charge on any atom is 0.411 e. The van der Waals surface area contributed by atoms with Crippen LogP contribution in [-0.4, -0.2) is 28.9 Å². The fraction of sp³-hybridized carbons (Fsp3) is 0.179. The Morgan fingerprint density at radius 3 is 2.25 bits per heavy atom. The molecule has 0 saturated heterocycles. The minimum atomic E-state index is -0.858. The van der Waals surface area contributed by atoms with Crippen molar-refractivity contribution in [1.82, 2.24) is 5.16 Å². The highest BCUT2D eigenvalue weighted by atomic mass is 35.5.